The third-order valence-corrected chi connectivity index (χ3v) is 2.46. The van der Waals surface area contributed by atoms with E-state index in [1.54, 1.807) is 12.4 Å². The minimum atomic E-state index is 0.0573. The van der Waals surface area contributed by atoms with Gasteiger partial charge in [-0.2, -0.15) is 5.21 Å². The Hall–Kier alpha value is -1.82. The maximum Gasteiger partial charge on any atom is 0.191 e. The van der Waals surface area contributed by atoms with Crippen molar-refractivity contribution in [2.75, 3.05) is 0 Å². The van der Waals surface area contributed by atoms with Gasteiger partial charge in [-0.3, -0.25) is 4.98 Å². The molecular weight excluding hydrogens is 204 g/mol. The molecule has 0 saturated heterocycles. The van der Waals surface area contributed by atoms with E-state index in [1.165, 1.54) is 5.56 Å². The molecule has 2 aromatic rings. The van der Waals surface area contributed by atoms with Crippen LogP contribution in [0, 0.1) is 0 Å². The summed E-state index contributed by atoms with van der Waals surface area (Å²) in [5.41, 5.74) is 1.19. The summed E-state index contributed by atoms with van der Waals surface area (Å²) in [6.45, 7) is 4.09. The molecule has 0 radical (unpaired) electrons. The first-order chi connectivity index (χ1) is 7.77. The number of hydrogen-bond donors (Lipinski definition) is 2. The van der Waals surface area contributed by atoms with Crippen molar-refractivity contribution in [3.8, 4) is 0 Å². The van der Waals surface area contributed by atoms with Crippen LogP contribution in [-0.4, -0.2) is 25.6 Å². The van der Waals surface area contributed by atoms with Crippen LogP contribution in [0.15, 0.2) is 24.5 Å². The Bertz CT molecular complexity index is 412. The van der Waals surface area contributed by atoms with Crippen molar-refractivity contribution in [2.45, 2.75) is 25.9 Å². The zero-order valence-electron chi connectivity index (χ0n) is 9.25. The number of tetrazole rings is 1. The molecule has 0 bridgehead atoms. The van der Waals surface area contributed by atoms with Crippen LogP contribution in [0.2, 0.25) is 0 Å². The molecule has 2 aromatic heterocycles. The lowest BCUT2D eigenvalue weighted by Gasteiger charge is -2.17. The van der Waals surface area contributed by atoms with Crippen LogP contribution >= 0.6 is 0 Å². The van der Waals surface area contributed by atoms with E-state index >= 15 is 0 Å². The monoisotopic (exact) mass is 218 g/mol. The molecular formula is C10H14N6. The molecule has 0 aliphatic rings. The van der Waals surface area contributed by atoms with Crippen LogP contribution < -0.4 is 5.32 Å². The van der Waals surface area contributed by atoms with Gasteiger partial charge in [0.15, 0.2) is 5.82 Å². The van der Waals surface area contributed by atoms with E-state index in [9.17, 15) is 0 Å². The number of hydrogen-bond acceptors (Lipinski definition) is 5. The molecule has 0 spiro atoms. The quantitative estimate of drug-likeness (QED) is 0.800. The van der Waals surface area contributed by atoms with Gasteiger partial charge in [0, 0.05) is 18.4 Å². The lowest BCUT2D eigenvalue weighted by Crippen LogP contribution is -2.23. The number of nitrogens with zero attached hydrogens (tertiary/aromatic N) is 4. The van der Waals surface area contributed by atoms with Crippen LogP contribution in [-0.2, 0) is 0 Å². The second-order valence-corrected chi connectivity index (χ2v) is 3.66. The molecule has 84 valence electrons. The zero-order chi connectivity index (χ0) is 11.4. The molecule has 0 aliphatic carbocycles. The molecule has 6 nitrogen and oxygen atoms in total. The smallest absolute Gasteiger partial charge is 0.191 e. The van der Waals surface area contributed by atoms with Gasteiger partial charge in [0.2, 0.25) is 0 Å². The summed E-state index contributed by atoms with van der Waals surface area (Å²) in [6.07, 6.45) is 3.57. The van der Waals surface area contributed by atoms with E-state index in [-0.39, 0.29) is 12.1 Å². The first kappa shape index (κ1) is 10.7. The summed E-state index contributed by atoms with van der Waals surface area (Å²) < 4.78 is 0. The second-order valence-electron chi connectivity index (χ2n) is 3.66. The maximum absolute atomic E-state index is 3.99. The van der Waals surface area contributed by atoms with Gasteiger partial charge in [0.25, 0.3) is 0 Å². The van der Waals surface area contributed by atoms with Crippen LogP contribution in [0.25, 0.3) is 0 Å². The maximum atomic E-state index is 3.99. The molecule has 0 aromatic carbocycles. The molecule has 0 amide bonds. The average Bonchev–Trinajstić information content (AvgIpc) is 2.83. The van der Waals surface area contributed by atoms with Crippen LogP contribution in [0.4, 0.5) is 0 Å². The lowest BCUT2D eigenvalue weighted by molar-refractivity contribution is 0.476. The SMILES string of the molecule is CC(NC(C)c1nn[nH]n1)c1ccncc1. The third-order valence-electron chi connectivity index (χ3n) is 2.46. The van der Waals surface area contributed by atoms with E-state index in [0.29, 0.717) is 5.82 Å². The molecule has 6 heteroatoms. The second kappa shape index (κ2) is 4.80. The van der Waals surface area contributed by atoms with Crippen LogP contribution in [0.3, 0.4) is 0 Å². The largest absolute Gasteiger partial charge is 0.301 e. The molecule has 0 fully saturated rings. The van der Waals surface area contributed by atoms with Crippen molar-refractivity contribution < 1.29 is 0 Å². The average molecular weight is 218 g/mol. The summed E-state index contributed by atoms with van der Waals surface area (Å²) in [7, 11) is 0. The Morgan fingerprint density at radius 3 is 2.56 bits per heavy atom. The van der Waals surface area contributed by atoms with E-state index in [2.05, 4.69) is 37.8 Å². The predicted molar refractivity (Wildman–Crippen MR) is 58.4 cm³/mol. The van der Waals surface area contributed by atoms with Gasteiger partial charge < -0.3 is 5.32 Å². The van der Waals surface area contributed by atoms with E-state index < -0.39 is 0 Å². The van der Waals surface area contributed by atoms with Crippen molar-refractivity contribution in [2.24, 2.45) is 0 Å². The minimum Gasteiger partial charge on any atom is -0.301 e. The summed E-state index contributed by atoms with van der Waals surface area (Å²) in [5.74, 6) is 0.668. The summed E-state index contributed by atoms with van der Waals surface area (Å²) in [5, 5.41) is 17.2. The standard InChI is InChI=1S/C10H14N6/c1-7(9-3-5-11-6-4-9)12-8(2)10-13-15-16-14-10/h3-8,12H,1-2H3,(H,13,14,15,16). The lowest BCUT2D eigenvalue weighted by atomic mass is 10.1. The Morgan fingerprint density at radius 2 is 1.94 bits per heavy atom. The van der Waals surface area contributed by atoms with E-state index in [0.717, 1.165) is 0 Å². The van der Waals surface area contributed by atoms with Gasteiger partial charge in [-0.05, 0) is 31.5 Å². The number of nitrogens with one attached hydrogen (secondary N) is 2. The molecule has 2 heterocycles. The molecule has 16 heavy (non-hydrogen) atoms. The highest BCUT2D eigenvalue weighted by molar-refractivity contribution is 5.14. The molecule has 2 atom stereocenters. The van der Waals surface area contributed by atoms with Crippen molar-refractivity contribution in [3.05, 3.63) is 35.9 Å². The molecule has 2 N–H and O–H groups in total. The Balaban J connectivity index is 2.00. The summed E-state index contributed by atoms with van der Waals surface area (Å²) >= 11 is 0. The Morgan fingerprint density at radius 1 is 1.19 bits per heavy atom. The van der Waals surface area contributed by atoms with Crippen LogP contribution in [0.1, 0.15) is 37.3 Å². The van der Waals surface area contributed by atoms with E-state index in [4.69, 9.17) is 0 Å². The number of rotatable bonds is 4. The van der Waals surface area contributed by atoms with Gasteiger partial charge in [-0.25, -0.2) is 0 Å². The number of aromatic amines is 1. The Kier molecular flexibility index (Phi) is 3.21. The predicted octanol–water partition coefficient (Wildman–Crippen LogP) is 1.01. The fraction of sp³-hybridized carbons (Fsp3) is 0.400. The number of H-pyrrole nitrogens is 1. The van der Waals surface area contributed by atoms with Gasteiger partial charge in [-0.15, -0.1) is 10.2 Å². The highest BCUT2D eigenvalue weighted by atomic mass is 15.5. The van der Waals surface area contributed by atoms with Crippen molar-refractivity contribution in [1.29, 1.82) is 0 Å². The summed E-state index contributed by atoms with van der Waals surface area (Å²) in [6, 6.07) is 4.25. The molecule has 2 rings (SSSR count). The number of aromatic nitrogens is 5. The van der Waals surface area contributed by atoms with Gasteiger partial charge in [0.05, 0.1) is 6.04 Å². The molecule has 0 saturated carbocycles. The fourth-order valence-corrected chi connectivity index (χ4v) is 1.55. The summed E-state index contributed by atoms with van der Waals surface area (Å²) in [4.78, 5) is 3.99. The van der Waals surface area contributed by atoms with Crippen molar-refractivity contribution >= 4 is 0 Å². The number of pyridine rings is 1. The van der Waals surface area contributed by atoms with Crippen LogP contribution in [0.5, 0.6) is 0 Å². The first-order valence-corrected chi connectivity index (χ1v) is 5.16. The minimum absolute atomic E-state index is 0.0573. The highest BCUT2D eigenvalue weighted by Crippen LogP contribution is 2.15. The fourth-order valence-electron chi connectivity index (χ4n) is 1.55. The Labute approximate surface area is 93.5 Å². The van der Waals surface area contributed by atoms with Crippen molar-refractivity contribution in [3.63, 3.8) is 0 Å². The highest BCUT2D eigenvalue weighted by Gasteiger charge is 2.13. The topological polar surface area (TPSA) is 79.4 Å². The van der Waals surface area contributed by atoms with Gasteiger partial charge >= 0.3 is 0 Å². The van der Waals surface area contributed by atoms with Gasteiger partial charge in [-0.1, -0.05) is 5.21 Å². The normalized spacial score (nSPS) is 14.6. The molecule has 2 unspecified atom stereocenters. The third kappa shape index (κ3) is 2.40. The molecule has 0 aliphatic heterocycles. The zero-order valence-corrected chi connectivity index (χ0v) is 9.25. The van der Waals surface area contributed by atoms with Gasteiger partial charge in [0.1, 0.15) is 0 Å². The van der Waals surface area contributed by atoms with E-state index in [1.807, 2.05) is 19.1 Å². The first-order valence-electron chi connectivity index (χ1n) is 5.16. The van der Waals surface area contributed by atoms with Crippen molar-refractivity contribution in [1.82, 2.24) is 30.9 Å².